The second-order valence-corrected chi connectivity index (χ2v) is 11.4. The van der Waals surface area contributed by atoms with Crippen LogP contribution in [0, 0.1) is 17.8 Å². The molecule has 1 fully saturated rings. The molecule has 4 aliphatic rings. The van der Waals surface area contributed by atoms with Crippen molar-refractivity contribution in [3.63, 3.8) is 0 Å². The average molecular weight is 566 g/mol. The molecule has 1 saturated heterocycles. The topological polar surface area (TPSA) is 82.1 Å². The summed E-state index contributed by atoms with van der Waals surface area (Å²) in [5, 5.41) is 3.69. The molecule has 3 aliphatic heterocycles. The first-order valence-corrected chi connectivity index (χ1v) is 14.3. The minimum atomic E-state index is -0.929. The largest absolute Gasteiger partial charge is 0.454 e. The molecular weight excluding hydrogens is 542 g/mol. The number of esters is 1. The molecule has 3 heterocycles. The van der Waals surface area contributed by atoms with Crippen molar-refractivity contribution in [3.8, 4) is 17.2 Å². The van der Waals surface area contributed by atoms with Gasteiger partial charge >= 0.3 is 5.97 Å². The van der Waals surface area contributed by atoms with Gasteiger partial charge in [0.2, 0.25) is 18.6 Å². The Morgan fingerprint density at radius 3 is 2.30 bits per heavy atom. The molecule has 208 valence electrons. The Morgan fingerprint density at radius 1 is 0.674 bits per heavy atom. The molecule has 0 radical (unpaired) electrons. The Hall–Kier alpha value is -5.43. The van der Waals surface area contributed by atoms with Crippen molar-refractivity contribution in [1.29, 1.82) is 0 Å². The number of fused-ring (bicyclic) bond motifs is 9. The molecule has 0 aromatic heterocycles. The lowest BCUT2D eigenvalue weighted by atomic mass is 9.64. The highest BCUT2D eigenvalue weighted by Gasteiger charge is 2.60. The Morgan fingerprint density at radius 2 is 1.42 bits per heavy atom. The Bertz CT molecular complexity index is 2100. The number of hydrogen-bond donors (Lipinski definition) is 0. The van der Waals surface area contributed by atoms with Crippen LogP contribution in [0.25, 0.3) is 27.1 Å². The molecule has 5 aromatic rings. The standard InChI is InChI=1S/C36H23NO6/c38-34-30-26(22-11-14-28-29(16-22)42-18-41-28)17-27-25-13-10-20-6-3-4-8-24(20)33(25)43-36(40)31(27)32(30)35(39)37(34)23-12-9-19-5-1-2-7-21(19)15-23/h1-17,26,30-32H,18H2/t26-,30+,31+,32+/m1/s1. The number of hydrogen-bond acceptors (Lipinski definition) is 6. The number of amides is 2. The van der Waals surface area contributed by atoms with E-state index in [-0.39, 0.29) is 12.7 Å². The second-order valence-electron chi connectivity index (χ2n) is 11.4. The lowest BCUT2D eigenvalue weighted by molar-refractivity contribution is -0.142. The van der Waals surface area contributed by atoms with E-state index in [1.807, 2.05) is 97.1 Å². The molecule has 5 aromatic carbocycles. The Kier molecular flexibility index (Phi) is 4.94. The van der Waals surface area contributed by atoms with Crippen LogP contribution < -0.4 is 19.1 Å². The van der Waals surface area contributed by atoms with Crippen LogP contribution in [0.1, 0.15) is 17.0 Å². The van der Waals surface area contributed by atoms with Crippen LogP contribution in [0.4, 0.5) is 5.69 Å². The summed E-state index contributed by atoms with van der Waals surface area (Å²) in [5.41, 5.74) is 2.77. The molecule has 0 N–H and O–H groups in total. The van der Waals surface area contributed by atoms with Crippen molar-refractivity contribution >= 4 is 50.6 Å². The number of anilines is 1. The van der Waals surface area contributed by atoms with Crippen LogP contribution in [-0.4, -0.2) is 24.6 Å². The number of benzene rings is 5. The van der Waals surface area contributed by atoms with Crippen LogP contribution in [0.3, 0.4) is 0 Å². The van der Waals surface area contributed by atoms with Crippen LogP contribution in [0.5, 0.6) is 17.2 Å². The first-order valence-electron chi connectivity index (χ1n) is 14.3. The van der Waals surface area contributed by atoms with E-state index in [1.165, 1.54) is 4.90 Å². The number of imide groups is 1. The normalized spacial score (nSPS) is 23.6. The van der Waals surface area contributed by atoms with Gasteiger partial charge in [-0.2, -0.15) is 0 Å². The number of rotatable bonds is 2. The molecule has 1 aliphatic carbocycles. The van der Waals surface area contributed by atoms with Crippen LogP contribution in [-0.2, 0) is 14.4 Å². The molecule has 0 unspecified atom stereocenters. The van der Waals surface area contributed by atoms with Crippen molar-refractivity contribution < 1.29 is 28.6 Å². The van der Waals surface area contributed by atoms with E-state index in [9.17, 15) is 14.4 Å². The highest BCUT2D eigenvalue weighted by molar-refractivity contribution is 6.25. The molecule has 4 atom stereocenters. The summed E-state index contributed by atoms with van der Waals surface area (Å²) in [6.45, 7) is 0.123. The molecule has 0 saturated carbocycles. The molecule has 7 nitrogen and oxygen atoms in total. The molecule has 7 heteroatoms. The number of allylic oxidation sites excluding steroid dienone is 1. The fourth-order valence-corrected chi connectivity index (χ4v) is 7.30. The molecule has 43 heavy (non-hydrogen) atoms. The smallest absolute Gasteiger partial charge is 0.319 e. The molecule has 2 amide bonds. The quantitative estimate of drug-likeness (QED) is 0.143. The monoisotopic (exact) mass is 565 g/mol. The minimum absolute atomic E-state index is 0.123. The van der Waals surface area contributed by atoms with Crippen LogP contribution >= 0.6 is 0 Å². The summed E-state index contributed by atoms with van der Waals surface area (Å²) in [6, 6.07) is 30.6. The van der Waals surface area contributed by atoms with E-state index >= 15 is 0 Å². The van der Waals surface area contributed by atoms with Gasteiger partial charge in [0.05, 0.1) is 23.4 Å². The van der Waals surface area contributed by atoms with Gasteiger partial charge in [-0.1, -0.05) is 78.9 Å². The number of carbonyl (C=O) groups is 3. The highest BCUT2D eigenvalue weighted by atomic mass is 16.7. The summed E-state index contributed by atoms with van der Waals surface area (Å²) in [5.74, 6) is -2.67. The van der Waals surface area contributed by atoms with Crippen LogP contribution in [0.2, 0.25) is 0 Å². The number of carbonyl (C=O) groups excluding carboxylic acids is 3. The summed E-state index contributed by atoms with van der Waals surface area (Å²) in [4.78, 5) is 43.9. The molecular formula is C36H23NO6. The van der Waals surface area contributed by atoms with E-state index in [0.29, 0.717) is 28.5 Å². The number of nitrogens with zero attached hydrogens (tertiary/aromatic N) is 1. The molecule has 0 bridgehead atoms. The fourth-order valence-electron chi connectivity index (χ4n) is 7.30. The second kappa shape index (κ2) is 8.79. The third-order valence-corrected chi connectivity index (χ3v) is 9.26. The van der Waals surface area contributed by atoms with Crippen molar-refractivity contribution in [2.24, 2.45) is 17.8 Å². The van der Waals surface area contributed by atoms with Gasteiger partial charge in [-0.25, -0.2) is 4.90 Å². The zero-order chi connectivity index (χ0) is 28.8. The lowest BCUT2D eigenvalue weighted by Gasteiger charge is -2.38. The SMILES string of the molecule is O=C1Oc2c(ccc3ccccc23)C2=C[C@H](c3ccc4c(c3)OCO4)[C@@H]3C(=O)N(c4ccc5ccccc5c4)C(=O)[C@@H]3[C@@H]12. The highest BCUT2D eigenvalue weighted by Crippen LogP contribution is 2.56. The Balaban J connectivity index is 1.24. The third kappa shape index (κ3) is 3.39. The minimum Gasteiger partial charge on any atom is -0.454 e. The van der Waals surface area contributed by atoms with Gasteiger partial charge in [-0.05, 0) is 51.6 Å². The first-order chi connectivity index (χ1) is 21.1. The van der Waals surface area contributed by atoms with Gasteiger partial charge in [-0.3, -0.25) is 14.4 Å². The van der Waals surface area contributed by atoms with Crippen molar-refractivity contribution in [2.45, 2.75) is 5.92 Å². The zero-order valence-electron chi connectivity index (χ0n) is 22.7. The van der Waals surface area contributed by atoms with E-state index in [0.717, 1.165) is 32.7 Å². The zero-order valence-corrected chi connectivity index (χ0v) is 22.7. The van der Waals surface area contributed by atoms with Crippen molar-refractivity contribution in [2.75, 3.05) is 11.7 Å². The maximum Gasteiger partial charge on any atom is 0.319 e. The van der Waals surface area contributed by atoms with Gasteiger partial charge < -0.3 is 14.2 Å². The van der Waals surface area contributed by atoms with Gasteiger partial charge in [0.25, 0.3) is 0 Å². The maximum absolute atomic E-state index is 14.4. The third-order valence-electron chi connectivity index (χ3n) is 9.26. The van der Waals surface area contributed by atoms with Gasteiger partial charge in [0.1, 0.15) is 5.75 Å². The maximum atomic E-state index is 14.4. The van der Waals surface area contributed by atoms with Gasteiger partial charge in [0, 0.05) is 16.9 Å². The van der Waals surface area contributed by atoms with Crippen molar-refractivity contribution in [3.05, 3.63) is 114 Å². The fraction of sp³-hybridized carbons (Fsp3) is 0.139. The average Bonchev–Trinajstić information content (AvgIpc) is 3.61. The van der Waals surface area contributed by atoms with Crippen LogP contribution in [0.15, 0.2) is 103 Å². The lowest BCUT2D eigenvalue weighted by Crippen LogP contribution is -2.42. The first kappa shape index (κ1) is 24.2. The van der Waals surface area contributed by atoms with Crippen molar-refractivity contribution in [1.82, 2.24) is 0 Å². The summed E-state index contributed by atoms with van der Waals surface area (Å²) < 4.78 is 17.2. The van der Waals surface area contributed by atoms with E-state index in [2.05, 4.69) is 0 Å². The van der Waals surface area contributed by atoms with Gasteiger partial charge in [0.15, 0.2) is 11.5 Å². The summed E-state index contributed by atoms with van der Waals surface area (Å²) >= 11 is 0. The van der Waals surface area contributed by atoms with E-state index < -0.39 is 35.5 Å². The summed E-state index contributed by atoms with van der Waals surface area (Å²) in [7, 11) is 0. The van der Waals surface area contributed by atoms with E-state index in [4.69, 9.17) is 14.2 Å². The summed E-state index contributed by atoms with van der Waals surface area (Å²) in [6.07, 6.45) is 1.99. The predicted octanol–water partition coefficient (Wildman–Crippen LogP) is 6.24. The molecule has 9 rings (SSSR count). The van der Waals surface area contributed by atoms with Gasteiger partial charge in [-0.15, -0.1) is 0 Å². The van der Waals surface area contributed by atoms with E-state index in [1.54, 1.807) is 6.07 Å². The number of ether oxygens (including phenoxy) is 3. The predicted molar refractivity (Wildman–Crippen MR) is 160 cm³/mol. The Labute approximate surface area is 245 Å². The molecule has 0 spiro atoms.